The number of hydrogen-bond donors (Lipinski definition) is 0. The molecule has 6 heteroatoms. The van der Waals surface area contributed by atoms with Gasteiger partial charge in [0.15, 0.2) is 23.1 Å². The average Bonchev–Trinajstić information content (AvgIpc) is 2.56. The number of halogens is 1. The molecule has 0 bridgehead atoms. The van der Waals surface area contributed by atoms with Crippen LogP contribution in [0.1, 0.15) is 0 Å². The predicted octanol–water partition coefficient (Wildman–Crippen LogP) is 3.38. The summed E-state index contributed by atoms with van der Waals surface area (Å²) < 4.78 is 29.6. The molecule has 0 unspecified atom stereocenters. The Labute approximate surface area is 126 Å². The van der Waals surface area contributed by atoms with E-state index in [0.717, 1.165) is 0 Å². The summed E-state index contributed by atoms with van der Waals surface area (Å²) in [5.74, 6) is 0.592. The minimum absolute atomic E-state index is 0.00779. The summed E-state index contributed by atoms with van der Waals surface area (Å²) in [4.78, 5) is 8.53. The van der Waals surface area contributed by atoms with Crippen molar-refractivity contribution in [2.45, 2.75) is 0 Å². The number of methoxy groups -OCH3 is 2. The molecule has 0 atom stereocenters. The first kappa shape index (κ1) is 14.1. The minimum atomic E-state index is -0.507. The number of aromatic nitrogens is 2. The lowest BCUT2D eigenvalue weighted by Crippen LogP contribution is -1.97. The van der Waals surface area contributed by atoms with Crippen LogP contribution in [0.4, 0.5) is 4.39 Å². The Kier molecular flexibility index (Phi) is 3.74. The monoisotopic (exact) mass is 299 g/mol. The van der Waals surface area contributed by atoms with Gasteiger partial charge in [-0.25, -0.2) is 9.37 Å². The molecular weight excluding hydrogens is 287 g/mol. The first-order valence-corrected chi connectivity index (χ1v) is 6.44. The topological polar surface area (TPSA) is 53.5 Å². The molecule has 0 fully saturated rings. The molecule has 0 spiro atoms. The van der Waals surface area contributed by atoms with Gasteiger partial charge in [0, 0.05) is 24.4 Å². The van der Waals surface area contributed by atoms with Crippen LogP contribution in [0.2, 0.25) is 0 Å². The molecule has 22 heavy (non-hydrogen) atoms. The first-order valence-electron chi connectivity index (χ1n) is 6.44. The molecule has 3 aromatic rings. The summed E-state index contributed by atoms with van der Waals surface area (Å²) in [6, 6.07) is 10.4. The van der Waals surface area contributed by atoms with E-state index >= 15 is 0 Å². The molecule has 111 valence electrons. The van der Waals surface area contributed by atoms with Crippen molar-refractivity contribution in [3.05, 3.63) is 48.4 Å². The van der Waals surface area contributed by atoms with Crippen LogP contribution in [0.25, 0.3) is 11.0 Å². The van der Waals surface area contributed by atoms with Crippen LogP contribution < -0.4 is 14.2 Å². The Morgan fingerprint density at radius 3 is 2.73 bits per heavy atom. The van der Waals surface area contributed by atoms with E-state index in [-0.39, 0.29) is 5.75 Å². The average molecular weight is 299 g/mol. The van der Waals surface area contributed by atoms with Crippen LogP contribution in [0.3, 0.4) is 0 Å². The van der Waals surface area contributed by atoms with E-state index in [1.807, 2.05) is 0 Å². The molecule has 0 aliphatic rings. The number of rotatable bonds is 4. The van der Waals surface area contributed by atoms with E-state index in [2.05, 4.69) is 16.0 Å². The number of nitrogens with zero attached hydrogens (tertiary/aromatic N) is 2. The Balaban J connectivity index is 2.12. The summed E-state index contributed by atoms with van der Waals surface area (Å²) >= 11 is 0. The maximum atomic E-state index is 13.7. The molecular formula is C16H12FN2O3. The highest BCUT2D eigenvalue weighted by molar-refractivity contribution is 5.83. The van der Waals surface area contributed by atoms with Gasteiger partial charge in [-0.1, -0.05) is 12.1 Å². The standard InChI is InChI=1S/C16H12FN2O3/c1-20-14-9-11-15(19-16(14)21-2)13(7-8-18-11)22-12-6-4-3-5-10(12)17/h3-5,7-9H,1-2H3. The van der Waals surface area contributed by atoms with E-state index in [9.17, 15) is 4.39 Å². The van der Waals surface area contributed by atoms with Crippen molar-refractivity contribution >= 4 is 11.0 Å². The first-order chi connectivity index (χ1) is 10.7. The maximum absolute atomic E-state index is 13.7. The van der Waals surface area contributed by atoms with E-state index in [4.69, 9.17) is 14.2 Å². The Morgan fingerprint density at radius 1 is 1.14 bits per heavy atom. The largest absolute Gasteiger partial charge is 0.491 e. The molecule has 1 radical (unpaired) electrons. The normalized spacial score (nSPS) is 10.5. The highest BCUT2D eigenvalue weighted by atomic mass is 19.1. The second kappa shape index (κ2) is 5.85. The zero-order valence-electron chi connectivity index (χ0n) is 12.0. The van der Waals surface area contributed by atoms with E-state index in [1.54, 1.807) is 30.5 Å². The van der Waals surface area contributed by atoms with Crippen LogP contribution in [0, 0.1) is 11.9 Å². The number of fused-ring (bicyclic) bond motifs is 1. The molecule has 0 N–H and O–H groups in total. The molecule has 2 heterocycles. The predicted molar refractivity (Wildman–Crippen MR) is 78.0 cm³/mol. The maximum Gasteiger partial charge on any atom is 0.257 e. The second-order valence-corrected chi connectivity index (χ2v) is 4.33. The van der Waals surface area contributed by atoms with Crippen molar-refractivity contribution in [3.63, 3.8) is 0 Å². The van der Waals surface area contributed by atoms with Gasteiger partial charge in [-0.05, 0) is 6.07 Å². The van der Waals surface area contributed by atoms with Crippen LogP contribution in [-0.2, 0) is 0 Å². The number of benzene rings is 1. The third-order valence-corrected chi connectivity index (χ3v) is 3.00. The zero-order chi connectivity index (χ0) is 15.5. The van der Waals surface area contributed by atoms with Gasteiger partial charge in [-0.2, -0.15) is 0 Å². The lowest BCUT2D eigenvalue weighted by atomic mass is 10.3. The van der Waals surface area contributed by atoms with E-state index in [0.29, 0.717) is 28.4 Å². The van der Waals surface area contributed by atoms with Crippen molar-refractivity contribution in [2.24, 2.45) is 0 Å². The van der Waals surface area contributed by atoms with E-state index in [1.165, 1.54) is 20.3 Å². The number of ether oxygens (including phenoxy) is 3. The molecule has 0 aliphatic carbocycles. The van der Waals surface area contributed by atoms with Gasteiger partial charge in [0.1, 0.15) is 5.52 Å². The van der Waals surface area contributed by atoms with Gasteiger partial charge < -0.3 is 14.2 Å². The molecule has 0 saturated heterocycles. The molecule has 0 saturated carbocycles. The van der Waals surface area contributed by atoms with Gasteiger partial charge in [0.05, 0.1) is 19.7 Å². The molecule has 0 aliphatic heterocycles. The summed E-state index contributed by atoms with van der Waals surface area (Å²) in [7, 11) is 3.00. The molecule has 5 nitrogen and oxygen atoms in total. The Bertz CT molecular complexity index is 824. The highest BCUT2D eigenvalue weighted by Crippen LogP contribution is 2.34. The fraction of sp³-hybridized carbons (Fsp3) is 0.125. The van der Waals surface area contributed by atoms with Crippen LogP contribution in [0.15, 0.2) is 36.5 Å². The number of para-hydroxylation sites is 1. The van der Waals surface area contributed by atoms with Crippen LogP contribution in [0.5, 0.6) is 23.1 Å². The van der Waals surface area contributed by atoms with Gasteiger partial charge >= 0.3 is 0 Å². The highest BCUT2D eigenvalue weighted by Gasteiger charge is 2.14. The van der Waals surface area contributed by atoms with Crippen molar-refractivity contribution in [2.75, 3.05) is 14.2 Å². The summed E-state index contributed by atoms with van der Waals surface area (Å²) in [5, 5.41) is 0. The molecule has 2 aromatic heterocycles. The fourth-order valence-corrected chi connectivity index (χ4v) is 1.98. The Morgan fingerprint density at radius 2 is 2.00 bits per heavy atom. The molecule has 1 aromatic carbocycles. The lowest BCUT2D eigenvalue weighted by molar-refractivity contribution is 0.344. The zero-order valence-corrected chi connectivity index (χ0v) is 12.0. The van der Waals surface area contributed by atoms with Gasteiger partial charge in [0.25, 0.3) is 5.88 Å². The molecule has 0 amide bonds. The fourth-order valence-electron chi connectivity index (χ4n) is 1.98. The number of hydrogen-bond acceptors (Lipinski definition) is 5. The van der Waals surface area contributed by atoms with Crippen LogP contribution in [-0.4, -0.2) is 24.2 Å². The van der Waals surface area contributed by atoms with Gasteiger partial charge in [-0.15, -0.1) is 0 Å². The van der Waals surface area contributed by atoms with Crippen molar-refractivity contribution in [3.8, 4) is 23.1 Å². The van der Waals surface area contributed by atoms with E-state index < -0.39 is 5.82 Å². The van der Waals surface area contributed by atoms with Gasteiger partial charge in [-0.3, -0.25) is 4.98 Å². The van der Waals surface area contributed by atoms with Gasteiger partial charge in [0.2, 0.25) is 0 Å². The molecule has 3 rings (SSSR count). The Hall–Kier alpha value is -2.89. The van der Waals surface area contributed by atoms with Crippen molar-refractivity contribution < 1.29 is 18.6 Å². The quantitative estimate of drug-likeness (QED) is 0.739. The SMILES string of the molecule is COc1cc2nccc(Oc3[c]cccc3F)c2nc1OC. The third-order valence-electron chi connectivity index (χ3n) is 3.00. The second-order valence-electron chi connectivity index (χ2n) is 4.33. The summed E-state index contributed by atoms with van der Waals surface area (Å²) in [6.07, 6.45) is 1.55. The van der Waals surface area contributed by atoms with Crippen molar-refractivity contribution in [1.29, 1.82) is 0 Å². The number of pyridine rings is 2. The summed E-state index contributed by atoms with van der Waals surface area (Å²) in [5.41, 5.74) is 0.989. The third kappa shape index (κ3) is 2.50. The van der Waals surface area contributed by atoms with Crippen molar-refractivity contribution in [1.82, 2.24) is 9.97 Å². The van der Waals surface area contributed by atoms with Crippen LogP contribution >= 0.6 is 0 Å². The minimum Gasteiger partial charge on any atom is -0.491 e. The lowest BCUT2D eigenvalue weighted by Gasteiger charge is -2.11. The summed E-state index contributed by atoms with van der Waals surface area (Å²) in [6.45, 7) is 0. The smallest absolute Gasteiger partial charge is 0.257 e.